The van der Waals surface area contributed by atoms with Crippen molar-refractivity contribution in [1.82, 2.24) is 15.1 Å². The van der Waals surface area contributed by atoms with E-state index in [2.05, 4.69) is 41.2 Å². The minimum Gasteiger partial charge on any atom is -0.507 e. The lowest BCUT2D eigenvalue weighted by molar-refractivity contribution is 0.0600. The number of hydrogen-bond acceptors (Lipinski definition) is 7. The molecule has 1 fully saturated rings. The van der Waals surface area contributed by atoms with Gasteiger partial charge in [-0.15, -0.1) is 0 Å². The smallest absolute Gasteiger partial charge is 0.342 e. The zero-order valence-electron chi connectivity index (χ0n) is 20.1. The molecule has 3 aromatic rings. The van der Waals surface area contributed by atoms with Gasteiger partial charge in [0.15, 0.2) is 0 Å². The Morgan fingerprint density at radius 2 is 1.91 bits per heavy atom. The number of benzene rings is 2. The number of fused-ring (bicyclic) bond motifs is 3. The summed E-state index contributed by atoms with van der Waals surface area (Å²) in [4.78, 5) is 17.7. The molecule has 2 atom stereocenters. The van der Waals surface area contributed by atoms with Gasteiger partial charge in [0, 0.05) is 53.9 Å². The van der Waals surface area contributed by atoms with Gasteiger partial charge in [0.1, 0.15) is 22.7 Å². The normalized spacial score (nSPS) is 20.4. The first-order valence-electron chi connectivity index (χ1n) is 11.7. The summed E-state index contributed by atoms with van der Waals surface area (Å²) in [5.74, 6) is 0.199. The molecule has 7 nitrogen and oxygen atoms in total. The van der Waals surface area contributed by atoms with E-state index in [1.54, 1.807) is 6.92 Å². The second-order valence-electron chi connectivity index (χ2n) is 9.23. The molecular weight excluding hydrogens is 430 g/mol. The SMILES string of the molecule is COC(=O)c1c(C)oc2c1c(C(C1=CC(C)NC=C1)N1CCN(C)CC1)c(O)c1ccccc12. The summed E-state index contributed by atoms with van der Waals surface area (Å²) in [5, 5.41) is 17.2. The number of carbonyl (C=O) groups excluding carboxylic acids is 1. The van der Waals surface area contributed by atoms with Crippen LogP contribution in [-0.4, -0.2) is 67.3 Å². The topological polar surface area (TPSA) is 78.2 Å². The second kappa shape index (κ2) is 8.81. The fourth-order valence-corrected chi connectivity index (χ4v) is 5.27. The van der Waals surface area contributed by atoms with Crippen molar-refractivity contribution in [3.63, 3.8) is 0 Å². The maximum atomic E-state index is 13.0. The number of phenolic OH excluding ortho intramolecular Hbond substituents is 1. The fraction of sp³-hybridized carbons (Fsp3) is 0.370. The first-order valence-corrected chi connectivity index (χ1v) is 11.7. The average Bonchev–Trinajstić information content (AvgIpc) is 3.19. The van der Waals surface area contributed by atoms with Crippen LogP contribution in [0.1, 0.15) is 34.6 Å². The number of esters is 1. The molecule has 34 heavy (non-hydrogen) atoms. The largest absolute Gasteiger partial charge is 0.507 e. The number of furan rings is 1. The molecule has 3 heterocycles. The number of likely N-dealkylation sites (N-methyl/N-ethyl adjacent to an activating group) is 1. The molecule has 178 valence electrons. The summed E-state index contributed by atoms with van der Waals surface area (Å²) in [7, 11) is 3.50. The molecule has 0 bridgehead atoms. The molecule has 0 spiro atoms. The van der Waals surface area contributed by atoms with Crippen molar-refractivity contribution in [1.29, 1.82) is 0 Å². The molecule has 0 saturated carbocycles. The highest BCUT2D eigenvalue weighted by atomic mass is 16.5. The van der Waals surface area contributed by atoms with E-state index in [0.717, 1.165) is 37.1 Å². The average molecular weight is 462 g/mol. The number of aromatic hydroxyl groups is 1. The van der Waals surface area contributed by atoms with Crippen molar-refractivity contribution in [2.45, 2.75) is 25.9 Å². The number of aryl methyl sites for hydroxylation is 1. The van der Waals surface area contributed by atoms with E-state index < -0.39 is 5.97 Å². The van der Waals surface area contributed by atoms with Crippen LogP contribution in [0.25, 0.3) is 21.7 Å². The number of phenols is 1. The van der Waals surface area contributed by atoms with E-state index in [-0.39, 0.29) is 17.8 Å². The quantitative estimate of drug-likeness (QED) is 0.566. The number of methoxy groups -OCH3 is 1. The third-order valence-electron chi connectivity index (χ3n) is 6.99. The van der Waals surface area contributed by atoms with Gasteiger partial charge in [0.25, 0.3) is 0 Å². The Morgan fingerprint density at radius 1 is 1.21 bits per heavy atom. The molecule has 0 aliphatic carbocycles. The van der Waals surface area contributed by atoms with E-state index in [4.69, 9.17) is 9.15 Å². The van der Waals surface area contributed by atoms with Crippen LogP contribution in [0.15, 0.2) is 52.6 Å². The second-order valence-corrected chi connectivity index (χ2v) is 9.23. The van der Waals surface area contributed by atoms with E-state index in [1.807, 2.05) is 30.5 Å². The lowest BCUT2D eigenvalue weighted by Gasteiger charge is -2.40. The highest BCUT2D eigenvalue weighted by Crippen LogP contribution is 2.48. The number of piperazine rings is 1. The molecule has 2 aliphatic rings. The van der Waals surface area contributed by atoms with Crippen molar-refractivity contribution in [2.24, 2.45) is 0 Å². The highest BCUT2D eigenvalue weighted by molar-refractivity contribution is 6.16. The van der Waals surface area contributed by atoms with Crippen molar-refractivity contribution in [3.8, 4) is 5.75 Å². The van der Waals surface area contributed by atoms with Crippen LogP contribution in [0.2, 0.25) is 0 Å². The number of nitrogens with one attached hydrogen (secondary N) is 1. The Balaban J connectivity index is 1.87. The Morgan fingerprint density at radius 3 is 2.59 bits per heavy atom. The summed E-state index contributed by atoms with van der Waals surface area (Å²) < 4.78 is 11.4. The minimum atomic E-state index is -0.465. The fourth-order valence-electron chi connectivity index (χ4n) is 5.27. The van der Waals surface area contributed by atoms with Crippen molar-refractivity contribution in [3.05, 3.63) is 65.1 Å². The summed E-state index contributed by atoms with van der Waals surface area (Å²) in [6, 6.07) is 7.54. The van der Waals surface area contributed by atoms with Crippen molar-refractivity contribution < 1.29 is 19.1 Å². The molecule has 2 N–H and O–H groups in total. The zero-order chi connectivity index (χ0) is 24.0. The number of hydrogen-bond donors (Lipinski definition) is 2. The van der Waals surface area contributed by atoms with Crippen molar-refractivity contribution >= 4 is 27.7 Å². The maximum absolute atomic E-state index is 13.0. The van der Waals surface area contributed by atoms with E-state index >= 15 is 0 Å². The Kier molecular flexibility index (Phi) is 5.83. The van der Waals surface area contributed by atoms with Crippen LogP contribution in [0, 0.1) is 6.92 Å². The van der Waals surface area contributed by atoms with Crippen LogP contribution in [0.4, 0.5) is 0 Å². The van der Waals surface area contributed by atoms with Crippen LogP contribution in [0.3, 0.4) is 0 Å². The van der Waals surface area contributed by atoms with Gasteiger partial charge in [-0.25, -0.2) is 4.79 Å². The van der Waals surface area contributed by atoms with Gasteiger partial charge in [0.2, 0.25) is 0 Å². The maximum Gasteiger partial charge on any atom is 0.342 e. The van der Waals surface area contributed by atoms with Crippen LogP contribution >= 0.6 is 0 Å². The number of ether oxygens (including phenoxy) is 1. The van der Waals surface area contributed by atoms with Gasteiger partial charge < -0.3 is 24.5 Å². The number of dihydropyridines is 1. The third-order valence-corrected chi connectivity index (χ3v) is 6.99. The van der Waals surface area contributed by atoms with Crippen molar-refractivity contribution in [2.75, 3.05) is 40.3 Å². The Bertz CT molecular complexity index is 1310. The predicted molar refractivity (Wildman–Crippen MR) is 133 cm³/mol. The van der Waals surface area contributed by atoms with Gasteiger partial charge in [0.05, 0.1) is 13.2 Å². The van der Waals surface area contributed by atoms with Gasteiger partial charge in [-0.05, 0) is 38.7 Å². The molecule has 5 rings (SSSR count). The minimum absolute atomic E-state index is 0.152. The molecule has 0 radical (unpaired) electrons. The first kappa shape index (κ1) is 22.5. The lowest BCUT2D eigenvalue weighted by atomic mass is 9.87. The summed E-state index contributed by atoms with van der Waals surface area (Å²) in [5.41, 5.74) is 2.75. The predicted octanol–water partition coefficient (Wildman–Crippen LogP) is 4.11. The molecule has 2 aromatic carbocycles. The third kappa shape index (κ3) is 3.65. The molecule has 7 heteroatoms. The van der Waals surface area contributed by atoms with Crippen LogP contribution < -0.4 is 5.32 Å². The molecular formula is C27H31N3O4. The van der Waals surface area contributed by atoms with E-state index in [1.165, 1.54) is 7.11 Å². The summed E-state index contributed by atoms with van der Waals surface area (Å²) in [6.07, 6.45) is 6.21. The number of carbonyl (C=O) groups is 1. The number of rotatable bonds is 4. The van der Waals surface area contributed by atoms with Gasteiger partial charge in [-0.1, -0.05) is 30.3 Å². The highest BCUT2D eigenvalue weighted by Gasteiger charge is 2.35. The lowest BCUT2D eigenvalue weighted by Crippen LogP contribution is -2.46. The van der Waals surface area contributed by atoms with E-state index in [0.29, 0.717) is 33.2 Å². The molecule has 1 saturated heterocycles. The Hall–Kier alpha value is -3.29. The standard InChI is InChI=1S/C27H31N3O4/c1-16-15-18(9-10-28-16)24(30-13-11-29(3)12-14-30)23-22-21(27(32)33-4)17(2)34-26(22)20-8-6-5-7-19(20)25(23)31/h5-10,15-16,24,28,31H,11-14H2,1-4H3. The first-order chi connectivity index (χ1) is 16.4. The van der Waals surface area contributed by atoms with E-state index in [9.17, 15) is 9.90 Å². The molecule has 1 aromatic heterocycles. The zero-order valence-corrected chi connectivity index (χ0v) is 20.1. The molecule has 2 aliphatic heterocycles. The Labute approximate surface area is 199 Å². The van der Waals surface area contributed by atoms with Gasteiger partial charge >= 0.3 is 5.97 Å². The number of nitrogens with zero attached hydrogens (tertiary/aromatic N) is 2. The molecule has 0 amide bonds. The van der Waals surface area contributed by atoms with Crippen LogP contribution in [0.5, 0.6) is 5.75 Å². The van der Waals surface area contributed by atoms with Crippen LogP contribution in [-0.2, 0) is 4.74 Å². The monoisotopic (exact) mass is 461 g/mol. The summed E-state index contributed by atoms with van der Waals surface area (Å²) >= 11 is 0. The molecule has 2 unspecified atom stereocenters. The van der Waals surface area contributed by atoms with Gasteiger partial charge in [-0.2, -0.15) is 0 Å². The van der Waals surface area contributed by atoms with Gasteiger partial charge in [-0.3, -0.25) is 4.90 Å². The summed E-state index contributed by atoms with van der Waals surface area (Å²) in [6.45, 7) is 7.40.